The lowest BCUT2D eigenvalue weighted by atomic mass is 9.97. The van der Waals surface area contributed by atoms with E-state index in [4.69, 9.17) is 10.5 Å². The Morgan fingerprint density at radius 2 is 1.84 bits per heavy atom. The number of rotatable bonds is 3. The van der Waals surface area contributed by atoms with Crippen molar-refractivity contribution in [3.8, 4) is 5.75 Å². The Hall–Kier alpha value is -1.71. The highest BCUT2D eigenvalue weighted by atomic mass is 16.5. The van der Waals surface area contributed by atoms with E-state index in [1.165, 1.54) is 6.42 Å². The molecule has 1 fully saturated rings. The Morgan fingerprint density at radius 1 is 1.26 bits per heavy atom. The minimum atomic E-state index is 0.0662. The van der Waals surface area contributed by atoms with E-state index in [0.29, 0.717) is 23.5 Å². The van der Waals surface area contributed by atoms with E-state index in [1.807, 2.05) is 4.90 Å². The maximum atomic E-state index is 12.2. The fraction of sp³-hybridized carbons (Fsp3) is 0.533. The summed E-state index contributed by atoms with van der Waals surface area (Å²) in [6.45, 7) is 4.31. The van der Waals surface area contributed by atoms with Crippen molar-refractivity contribution < 1.29 is 9.53 Å². The summed E-state index contributed by atoms with van der Waals surface area (Å²) in [5.74, 6) is 0.747. The molecule has 1 aliphatic heterocycles. The third-order valence-corrected chi connectivity index (χ3v) is 3.72. The van der Waals surface area contributed by atoms with Crippen LogP contribution < -0.4 is 10.5 Å². The number of carbonyl (C=O) groups is 1. The number of amides is 1. The van der Waals surface area contributed by atoms with Crippen molar-refractivity contribution >= 4 is 11.6 Å². The van der Waals surface area contributed by atoms with Crippen molar-refractivity contribution in [3.05, 3.63) is 24.3 Å². The van der Waals surface area contributed by atoms with E-state index in [2.05, 4.69) is 13.8 Å². The van der Waals surface area contributed by atoms with E-state index in [0.717, 1.165) is 12.8 Å². The molecule has 1 saturated heterocycles. The predicted molar refractivity (Wildman–Crippen MR) is 76.0 cm³/mol. The molecule has 4 nitrogen and oxygen atoms in total. The lowest BCUT2D eigenvalue weighted by Gasteiger charge is -2.38. The first-order chi connectivity index (χ1) is 9.08. The molecule has 104 valence electrons. The standard InChI is InChI=1S/C15H22N2O2/c1-11-4-3-5-12(2)17(11)15(18)10-19-14-8-6-13(16)7-9-14/h6-9,11-12H,3-5,10,16H2,1-2H3. The van der Waals surface area contributed by atoms with Gasteiger partial charge >= 0.3 is 0 Å². The quantitative estimate of drug-likeness (QED) is 0.851. The molecular formula is C15H22N2O2. The number of ether oxygens (including phenoxy) is 1. The van der Waals surface area contributed by atoms with Crippen molar-refractivity contribution in [1.82, 2.24) is 4.90 Å². The molecule has 2 N–H and O–H groups in total. The number of nitrogens with zero attached hydrogens (tertiary/aromatic N) is 1. The predicted octanol–water partition coefficient (Wildman–Crippen LogP) is 2.44. The summed E-state index contributed by atoms with van der Waals surface area (Å²) in [5, 5.41) is 0. The number of anilines is 1. The van der Waals surface area contributed by atoms with Crippen molar-refractivity contribution in [1.29, 1.82) is 0 Å². The zero-order chi connectivity index (χ0) is 13.8. The molecule has 0 aromatic heterocycles. The minimum absolute atomic E-state index is 0.0662. The molecule has 0 aliphatic carbocycles. The zero-order valence-electron chi connectivity index (χ0n) is 11.6. The van der Waals surface area contributed by atoms with Gasteiger partial charge in [-0.3, -0.25) is 4.79 Å². The minimum Gasteiger partial charge on any atom is -0.484 e. The maximum absolute atomic E-state index is 12.2. The van der Waals surface area contributed by atoms with E-state index in [-0.39, 0.29) is 12.5 Å². The van der Waals surface area contributed by atoms with Crippen molar-refractivity contribution in [2.45, 2.75) is 45.2 Å². The van der Waals surface area contributed by atoms with Crippen LogP contribution in [0.15, 0.2) is 24.3 Å². The lowest BCUT2D eigenvalue weighted by Crippen LogP contribution is -2.49. The smallest absolute Gasteiger partial charge is 0.260 e. The number of piperidine rings is 1. The Balaban J connectivity index is 1.91. The van der Waals surface area contributed by atoms with Crippen LogP contribution in [0.3, 0.4) is 0 Å². The number of likely N-dealkylation sites (tertiary alicyclic amines) is 1. The summed E-state index contributed by atoms with van der Waals surface area (Å²) in [7, 11) is 0. The van der Waals surface area contributed by atoms with Crippen molar-refractivity contribution in [2.75, 3.05) is 12.3 Å². The number of nitrogen functional groups attached to an aromatic ring is 1. The van der Waals surface area contributed by atoms with Crippen LogP contribution in [0.2, 0.25) is 0 Å². The molecule has 2 rings (SSSR count). The summed E-state index contributed by atoms with van der Waals surface area (Å²) >= 11 is 0. The van der Waals surface area contributed by atoms with E-state index >= 15 is 0 Å². The molecule has 1 aromatic carbocycles. The van der Waals surface area contributed by atoms with Gasteiger partial charge < -0.3 is 15.4 Å². The highest BCUT2D eigenvalue weighted by Crippen LogP contribution is 2.22. The van der Waals surface area contributed by atoms with Crippen LogP contribution in [0.25, 0.3) is 0 Å². The lowest BCUT2D eigenvalue weighted by molar-refractivity contribution is -0.139. The van der Waals surface area contributed by atoms with Gasteiger partial charge in [0.1, 0.15) is 5.75 Å². The number of hydrogen-bond donors (Lipinski definition) is 1. The molecule has 19 heavy (non-hydrogen) atoms. The number of carbonyl (C=O) groups excluding carboxylic acids is 1. The SMILES string of the molecule is CC1CCCC(C)N1C(=O)COc1ccc(N)cc1. The van der Waals surface area contributed by atoms with Crippen molar-refractivity contribution in [3.63, 3.8) is 0 Å². The van der Waals surface area contributed by atoms with Crippen LogP contribution in [0, 0.1) is 0 Å². The summed E-state index contributed by atoms with van der Waals surface area (Å²) in [6.07, 6.45) is 3.36. The normalized spacial score (nSPS) is 23.2. The molecule has 1 amide bonds. The topological polar surface area (TPSA) is 55.6 Å². The maximum Gasteiger partial charge on any atom is 0.260 e. The fourth-order valence-electron chi connectivity index (χ4n) is 2.70. The number of hydrogen-bond acceptors (Lipinski definition) is 3. The molecule has 4 heteroatoms. The van der Waals surface area contributed by atoms with Gasteiger partial charge in [0.15, 0.2) is 6.61 Å². The summed E-state index contributed by atoms with van der Waals surface area (Å²) in [4.78, 5) is 14.2. The Morgan fingerprint density at radius 3 is 2.42 bits per heavy atom. The fourth-order valence-corrected chi connectivity index (χ4v) is 2.70. The summed E-state index contributed by atoms with van der Waals surface area (Å²) < 4.78 is 5.53. The average Bonchev–Trinajstić information content (AvgIpc) is 2.38. The van der Waals surface area contributed by atoms with Gasteiger partial charge in [0.05, 0.1) is 0 Å². The summed E-state index contributed by atoms with van der Waals surface area (Å²) in [5.41, 5.74) is 6.30. The van der Waals surface area contributed by atoms with Gasteiger partial charge in [0.25, 0.3) is 5.91 Å². The van der Waals surface area contributed by atoms with Crippen LogP contribution in [0.4, 0.5) is 5.69 Å². The second-order valence-corrected chi connectivity index (χ2v) is 5.29. The molecule has 1 aliphatic rings. The number of benzene rings is 1. The second kappa shape index (κ2) is 5.95. The third kappa shape index (κ3) is 3.40. The van der Waals surface area contributed by atoms with Crippen LogP contribution in [-0.2, 0) is 4.79 Å². The second-order valence-electron chi connectivity index (χ2n) is 5.29. The van der Waals surface area contributed by atoms with Gasteiger partial charge in [-0.2, -0.15) is 0 Å². The van der Waals surface area contributed by atoms with Gasteiger partial charge in [-0.25, -0.2) is 0 Å². The zero-order valence-corrected chi connectivity index (χ0v) is 11.6. The summed E-state index contributed by atoms with van der Waals surface area (Å²) in [6, 6.07) is 7.73. The van der Waals surface area contributed by atoms with E-state index < -0.39 is 0 Å². The first-order valence-electron chi connectivity index (χ1n) is 6.87. The van der Waals surface area contributed by atoms with E-state index in [9.17, 15) is 4.79 Å². The van der Waals surface area contributed by atoms with Gasteiger partial charge in [-0.15, -0.1) is 0 Å². The van der Waals surface area contributed by atoms with Crippen LogP contribution in [-0.4, -0.2) is 29.5 Å². The van der Waals surface area contributed by atoms with Crippen LogP contribution in [0.5, 0.6) is 5.75 Å². The van der Waals surface area contributed by atoms with Gasteiger partial charge in [0.2, 0.25) is 0 Å². The molecule has 2 atom stereocenters. The van der Waals surface area contributed by atoms with Crippen molar-refractivity contribution in [2.24, 2.45) is 0 Å². The molecule has 0 bridgehead atoms. The monoisotopic (exact) mass is 262 g/mol. The van der Waals surface area contributed by atoms with Gasteiger partial charge in [-0.1, -0.05) is 0 Å². The molecule has 1 aromatic rings. The molecule has 1 heterocycles. The molecule has 0 radical (unpaired) electrons. The molecule has 0 saturated carbocycles. The first kappa shape index (κ1) is 13.7. The molecule has 2 unspecified atom stereocenters. The van der Waals surface area contributed by atoms with Gasteiger partial charge in [0, 0.05) is 17.8 Å². The van der Waals surface area contributed by atoms with Crippen LogP contribution >= 0.6 is 0 Å². The average molecular weight is 262 g/mol. The Bertz CT molecular complexity index is 420. The highest BCUT2D eigenvalue weighted by Gasteiger charge is 2.28. The highest BCUT2D eigenvalue weighted by molar-refractivity contribution is 5.78. The largest absolute Gasteiger partial charge is 0.484 e. The van der Waals surface area contributed by atoms with Crippen LogP contribution in [0.1, 0.15) is 33.1 Å². The third-order valence-electron chi connectivity index (χ3n) is 3.72. The first-order valence-corrected chi connectivity index (χ1v) is 6.87. The van der Waals surface area contributed by atoms with Gasteiger partial charge in [-0.05, 0) is 57.4 Å². The van der Waals surface area contributed by atoms with E-state index in [1.54, 1.807) is 24.3 Å². The number of nitrogens with two attached hydrogens (primary N) is 1. The molecule has 0 spiro atoms. The Labute approximate surface area is 114 Å². The Kier molecular flexibility index (Phi) is 4.30. The molecular weight excluding hydrogens is 240 g/mol.